The Hall–Kier alpha value is -1.52. The summed E-state index contributed by atoms with van der Waals surface area (Å²) in [5.41, 5.74) is 5.42. The van der Waals surface area contributed by atoms with Gasteiger partial charge in [-0.05, 0) is 37.2 Å². The van der Waals surface area contributed by atoms with Crippen molar-refractivity contribution >= 4 is 15.9 Å². The van der Waals surface area contributed by atoms with Gasteiger partial charge in [0, 0.05) is 13.6 Å². The molecule has 6 nitrogen and oxygen atoms in total. The monoisotopic (exact) mass is 327 g/mol. The van der Waals surface area contributed by atoms with Crippen LogP contribution >= 0.6 is 0 Å². The molecule has 0 saturated carbocycles. The third-order valence-electron chi connectivity index (χ3n) is 2.42. The van der Waals surface area contributed by atoms with E-state index >= 15 is 0 Å². The summed E-state index contributed by atoms with van der Waals surface area (Å²) in [6.45, 7) is 0.588. The molecule has 0 bridgehead atoms. The van der Waals surface area contributed by atoms with Crippen LogP contribution in [-0.2, 0) is 10.2 Å². The van der Waals surface area contributed by atoms with Crippen LogP contribution in [0.15, 0.2) is 24.3 Å². The van der Waals surface area contributed by atoms with Gasteiger partial charge in [0.05, 0.1) is 5.69 Å². The van der Waals surface area contributed by atoms with E-state index in [1.807, 2.05) is 0 Å². The van der Waals surface area contributed by atoms with E-state index in [0.29, 0.717) is 13.0 Å². The van der Waals surface area contributed by atoms with Gasteiger partial charge in [0.25, 0.3) is 0 Å². The number of anilines is 1. The highest BCUT2D eigenvalue weighted by Gasteiger charge is 2.31. The summed E-state index contributed by atoms with van der Waals surface area (Å²) in [7, 11) is -2.39. The van der Waals surface area contributed by atoms with E-state index in [2.05, 4.69) is 9.46 Å². The van der Waals surface area contributed by atoms with E-state index < -0.39 is 22.3 Å². The maximum absolute atomic E-state index is 12.0. The van der Waals surface area contributed by atoms with Crippen molar-refractivity contribution < 1.29 is 26.3 Å². The summed E-state index contributed by atoms with van der Waals surface area (Å²) in [5.74, 6) is -0.429. The van der Waals surface area contributed by atoms with Crippen molar-refractivity contribution in [1.82, 2.24) is 4.31 Å². The van der Waals surface area contributed by atoms with Crippen LogP contribution in [0.25, 0.3) is 0 Å². The van der Waals surface area contributed by atoms with Gasteiger partial charge >= 0.3 is 16.6 Å². The number of rotatable bonds is 7. The van der Waals surface area contributed by atoms with Crippen molar-refractivity contribution in [2.45, 2.75) is 12.8 Å². The van der Waals surface area contributed by atoms with Crippen LogP contribution in [0.5, 0.6) is 5.75 Å². The van der Waals surface area contributed by atoms with Gasteiger partial charge in [-0.2, -0.15) is 12.7 Å². The fourth-order valence-corrected chi connectivity index (χ4v) is 2.34. The molecule has 10 heteroatoms. The van der Waals surface area contributed by atoms with E-state index in [4.69, 9.17) is 5.73 Å². The van der Waals surface area contributed by atoms with Gasteiger partial charge in [-0.1, -0.05) is 0 Å². The lowest BCUT2D eigenvalue weighted by atomic mass is 10.3. The van der Waals surface area contributed by atoms with Crippen molar-refractivity contribution in [2.75, 3.05) is 24.9 Å². The van der Waals surface area contributed by atoms with Crippen molar-refractivity contribution in [3.8, 4) is 5.75 Å². The van der Waals surface area contributed by atoms with Crippen LogP contribution in [-0.4, -0.2) is 39.2 Å². The third kappa shape index (κ3) is 6.19. The van der Waals surface area contributed by atoms with Gasteiger partial charge in [-0.25, -0.2) is 0 Å². The van der Waals surface area contributed by atoms with E-state index in [1.54, 1.807) is 0 Å². The normalized spacial score (nSPS) is 12.5. The smallest absolute Gasteiger partial charge is 0.406 e. The van der Waals surface area contributed by atoms with Crippen LogP contribution in [0.1, 0.15) is 6.42 Å². The lowest BCUT2D eigenvalue weighted by molar-refractivity contribution is -0.274. The number of hydrogen-bond acceptors (Lipinski definition) is 4. The number of hydrogen-bond donors (Lipinski definition) is 2. The maximum atomic E-state index is 12.0. The zero-order valence-electron chi connectivity index (χ0n) is 11.2. The Morgan fingerprint density at radius 3 is 2.33 bits per heavy atom. The Kier molecular flexibility index (Phi) is 5.81. The maximum Gasteiger partial charge on any atom is 0.573 e. The van der Waals surface area contributed by atoms with Gasteiger partial charge in [0.15, 0.2) is 0 Å². The Morgan fingerprint density at radius 1 is 1.29 bits per heavy atom. The Morgan fingerprint density at radius 2 is 1.86 bits per heavy atom. The van der Waals surface area contributed by atoms with E-state index in [1.165, 1.54) is 19.2 Å². The molecule has 0 amide bonds. The Bertz CT molecular complexity index is 546. The highest BCUT2D eigenvalue weighted by Crippen LogP contribution is 2.24. The van der Waals surface area contributed by atoms with E-state index in [-0.39, 0.29) is 12.2 Å². The van der Waals surface area contributed by atoms with Gasteiger partial charge in [-0.3, -0.25) is 4.72 Å². The fourth-order valence-electron chi connectivity index (χ4n) is 1.39. The van der Waals surface area contributed by atoms with Crippen LogP contribution in [0.3, 0.4) is 0 Å². The largest absolute Gasteiger partial charge is 0.573 e. The summed E-state index contributed by atoms with van der Waals surface area (Å²) in [6.07, 6.45) is -4.29. The third-order valence-corrected chi connectivity index (χ3v) is 3.92. The predicted molar refractivity (Wildman–Crippen MR) is 72.0 cm³/mol. The second kappa shape index (κ2) is 6.96. The van der Waals surface area contributed by atoms with Gasteiger partial charge in [-0.15, -0.1) is 13.2 Å². The van der Waals surface area contributed by atoms with E-state index in [9.17, 15) is 21.6 Å². The number of halogens is 3. The molecule has 1 aromatic rings. The average Bonchev–Trinajstić information content (AvgIpc) is 2.36. The molecular weight excluding hydrogens is 311 g/mol. The standard InChI is InChI=1S/C11H16F3N3O3S/c1-17(8-2-7-15)21(18,19)16-9-3-5-10(6-4-9)20-11(12,13)14/h3-6,16H,2,7-8,15H2,1H3. The van der Waals surface area contributed by atoms with Crippen LogP contribution < -0.4 is 15.2 Å². The quantitative estimate of drug-likeness (QED) is 0.795. The molecule has 0 aliphatic heterocycles. The molecule has 120 valence electrons. The molecule has 0 unspecified atom stereocenters. The van der Waals surface area contributed by atoms with E-state index in [0.717, 1.165) is 16.4 Å². The molecule has 0 fully saturated rings. The molecule has 1 aromatic carbocycles. The number of nitrogens with zero attached hydrogens (tertiary/aromatic N) is 1. The fraction of sp³-hybridized carbons (Fsp3) is 0.455. The van der Waals surface area contributed by atoms with Crippen LogP contribution in [0.4, 0.5) is 18.9 Å². The van der Waals surface area contributed by atoms with Crippen LogP contribution in [0.2, 0.25) is 0 Å². The van der Waals surface area contributed by atoms with Gasteiger partial charge in [0.1, 0.15) is 5.75 Å². The minimum atomic E-state index is -4.79. The van der Waals surface area contributed by atoms with Crippen molar-refractivity contribution in [1.29, 1.82) is 0 Å². The molecule has 0 aliphatic rings. The molecule has 0 spiro atoms. The van der Waals surface area contributed by atoms with Gasteiger partial charge < -0.3 is 10.5 Å². The number of nitrogens with two attached hydrogens (primary N) is 1. The summed E-state index contributed by atoms with van der Waals surface area (Å²) in [6, 6.07) is 4.39. The lowest BCUT2D eigenvalue weighted by Gasteiger charge is -2.18. The number of nitrogens with one attached hydrogen (secondary N) is 1. The SMILES string of the molecule is CN(CCCN)S(=O)(=O)Nc1ccc(OC(F)(F)F)cc1. The molecule has 0 atom stereocenters. The number of ether oxygens (including phenoxy) is 1. The molecule has 0 aromatic heterocycles. The topological polar surface area (TPSA) is 84.7 Å². The second-order valence-corrected chi connectivity index (χ2v) is 5.92. The number of benzene rings is 1. The van der Waals surface area contributed by atoms with Gasteiger partial charge in [0.2, 0.25) is 0 Å². The molecule has 0 aliphatic carbocycles. The highest BCUT2D eigenvalue weighted by molar-refractivity contribution is 7.90. The molecule has 21 heavy (non-hydrogen) atoms. The first kappa shape index (κ1) is 17.5. The predicted octanol–water partition coefficient (Wildman–Crippen LogP) is 1.52. The van der Waals surface area contributed by atoms with Crippen molar-refractivity contribution in [3.05, 3.63) is 24.3 Å². The average molecular weight is 327 g/mol. The summed E-state index contributed by atoms with van der Waals surface area (Å²) < 4.78 is 66.7. The molecule has 0 saturated heterocycles. The van der Waals surface area contributed by atoms with Crippen LogP contribution in [0, 0.1) is 0 Å². The molecule has 0 heterocycles. The first-order valence-corrected chi connectivity index (χ1v) is 7.38. The first-order valence-electron chi connectivity index (χ1n) is 5.94. The minimum absolute atomic E-state index is 0.129. The lowest BCUT2D eigenvalue weighted by Crippen LogP contribution is -2.34. The summed E-state index contributed by atoms with van der Waals surface area (Å²) in [5, 5.41) is 0. The summed E-state index contributed by atoms with van der Waals surface area (Å²) in [4.78, 5) is 0. The zero-order chi connectivity index (χ0) is 16.1. The molecule has 1 rings (SSSR count). The first-order chi connectivity index (χ1) is 9.64. The summed E-state index contributed by atoms with van der Waals surface area (Å²) >= 11 is 0. The Labute approximate surface area is 120 Å². The molecular formula is C11H16F3N3O3S. The zero-order valence-corrected chi connectivity index (χ0v) is 12.0. The molecule has 3 N–H and O–H groups in total. The Balaban J connectivity index is 2.71. The number of alkyl halides is 3. The molecule has 0 radical (unpaired) electrons. The second-order valence-electron chi connectivity index (χ2n) is 4.14. The van der Waals surface area contributed by atoms with Crippen molar-refractivity contribution in [3.63, 3.8) is 0 Å². The highest BCUT2D eigenvalue weighted by atomic mass is 32.2. The van der Waals surface area contributed by atoms with Crippen molar-refractivity contribution in [2.24, 2.45) is 5.73 Å². The minimum Gasteiger partial charge on any atom is -0.406 e.